The van der Waals surface area contributed by atoms with Crippen molar-refractivity contribution in [3.05, 3.63) is 23.4 Å². The zero-order valence-corrected chi connectivity index (χ0v) is 9.16. The minimum atomic E-state index is 0.220. The van der Waals surface area contributed by atoms with E-state index in [2.05, 4.69) is 16.4 Å². The molecule has 82 valence electrons. The Hall–Kier alpha value is -1.09. The molecule has 1 unspecified atom stereocenters. The topological polar surface area (TPSA) is 45.1 Å². The summed E-state index contributed by atoms with van der Waals surface area (Å²) in [5, 5.41) is 12.2. The van der Waals surface area contributed by atoms with Crippen molar-refractivity contribution in [3.8, 4) is 0 Å². The quantitative estimate of drug-likeness (QED) is 0.786. The Balaban J connectivity index is 1.98. The van der Waals surface area contributed by atoms with Gasteiger partial charge in [0.05, 0.1) is 0 Å². The first kappa shape index (κ1) is 10.4. The van der Waals surface area contributed by atoms with Crippen LogP contribution in [0.1, 0.15) is 24.6 Å². The minimum absolute atomic E-state index is 0.220. The Morgan fingerprint density at radius 2 is 2.33 bits per heavy atom. The van der Waals surface area contributed by atoms with Crippen molar-refractivity contribution in [1.82, 2.24) is 4.98 Å². The van der Waals surface area contributed by atoms with Crippen molar-refractivity contribution in [2.24, 2.45) is 5.92 Å². The molecule has 1 heterocycles. The van der Waals surface area contributed by atoms with Crippen LogP contribution in [0.25, 0.3) is 0 Å². The summed E-state index contributed by atoms with van der Waals surface area (Å²) in [6.07, 6.45) is 3.52. The number of nitrogens with one attached hydrogen (secondary N) is 1. The zero-order valence-electron chi connectivity index (χ0n) is 9.16. The second kappa shape index (κ2) is 4.62. The van der Waals surface area contributed by atoms with Gasteiger partial charge in [0.25, 0.3) is 0 Å². The fourth-order valence-electron chi connectivity index (χ4n) is 1.86. The largest absolute Gasteiger partial charge is 0.396 e. The van der Waals surface area contributed by atoms with Crippen molar-refractivity contribution in [3.63, 3.8) is 0 Å². The molecule has 0 aromatic carbocycles. The van der Waals surface area contributed by atoms with Crippen LogP contribution in [0, 0.1) is 5.92 Å². The van der Waals surface area contributed by atoms with E-state index in [1.165, 1.54) is 24.1 Å². The van der Waals surface area contributed by atoms with Crippen LogP contribution in [0.2, 0.25) is 0 Å². The Morgan fingerprint density at radius 3 is 3.13 bits per heavy atom. The summed E-state index contributed by atoms with van der Waals surface area (Å²) in [6.45, 7) is 3.01. The SMILES string of the molecule is CC(CO)CNc1ccc2c(n1)CCC2. The molecule has 1 aromatic heterocycles. The fourth-order valence-corrected chi connectivity index (χ4v) is 1.86. The first-order valence-corrected chi connectivity index (χ1v) is 5.63. The Kier molecular flexibility index (Phi) is 3.21. The van der Waals surface area contributed by atoms with Gasteiger partial charge < -0.3 is 10.4 Å². The lowest BCUT2D eigenvalue weighted by atomic mass is 10.2. The second-order valence-corrected chi connectivity index (χ2v) is 4.32. The number of hydrogen-bond donors (Lipinski definition) is 2. The van der Waals surface area contributed by atoms with E-state index in [9.17, 15) is 0 Å². The van der Waals surface area contributed by atoms with Crippen LogP contribution in [0.3, 0.4) is 0 Å². The van der Waals surface area contributed by atoms with Crippen LogP contribution in [-0.2, 0) is 12.8 Å². The Morgan fingerprint density at radius 1 is 1.47 bits per heavy atom. The molecular formula is C12H18N2O. The molecule has 0 fully saturated rings. The number of aryl methyl sites for hydroxylation is 2. The lowest BCUT2D eigenvalue weighted by Gasteiger charge is -2.10. The van der Waals surface area contributed by atoms with Crippen LogP contribution in [0.4, 0.5) is 5.82 Å². The molecule has 1 aliphatic rings. The normalized spacial score (nSPS) is 16.1. The van der Waals surface area contributed by atoms with E-state index in [0.29, 0.717) is 0 Å². The van der Waals surface area contributed by atoms with E-state index >= 15 is 0 Å². The number of nitrogens with zero attached hydrogens (tertiary/aromatic N) is 1. The van der Waals surface area contributed by atoms with Gasteiger partial charge in [-0.05, 0) is 36.8 Å². The first-order chi connectivity index (χ1) is 7.29. The molecule has 0 saturated carbocycles. The average Bonchev–Trinajstić information content (AvgIpc) is 2.72. The zero-order chi connectivity index (χ0) is 10.7. The molecule has 2 rings (SSSR count). The fraction of sp³-hybridized carbons (Fsp3) is 0.583. The summed E-state index contributed by atoms with van der Waals surface area (Å²) in [5.41, 5.74) is 2.65. The van der Waals surface area contributed by atoms with Gasteiger partial charge in [0.2, 0.25) is 0 Å². The molecule has 3 heteroatoms. The predicted octanol–water partition coefficient (Wildman–Crippen LogP) is 1.61. The minimum Gasteiger partial charge on any atom is -0.396 e. The van der Waals surface area contributed by atoms with E-state index in [4.69, 9.17) is 5.11 Å². The van der Waals surface area contributed by atoms with Gasteiger partial charge in [0.1, 0.15) is 5.82 Å². The van der Waals surface area contributed by atoms with Crippen molar-refractivity contribution in [1.29, 1.82) is 0 Å². The summed E-state index contributed by atoms with van der Waals surface area (Å²) in [5.74, 6) is 1.22. The van der Waals surface area contributed by atoms with Gasteiger partial charge in [-0.15, -0.1) is 0 Å². The van der Waals surface area contributed by atoms with Crippen molar-refractivity contribution in [2.75, 3.05) is 18.5 Å². The van der Waals surface area contributed by atoms with Crippen LogP contribution in [-0.4, -0.2) is 23.2 Å². The summed E-state index contributed by atoms with van der Waals surface area (Å²) < 4.78 is 0. The molecule has 0 aliphatic heterocycles. The number of anilines is 1. The molecule has 15 heavy (non-hydrogen) atoms. The smallest absolute Gasteiger partial charge is 0.126 e. The number of pyridine rings is 1. The number of rotatable bonds is 4. The van der Waals surface area contributed by atoms with Gasteiger partial charge >= 0.3 is 0 Å². The molecule has 0 amide bonds. The molecule has 0 bridgehead atoms. The third-order valence-corrected chi connectivity index (χ3v) is 2.87. The summed E-state index contributed by atoms with van der Waals surface area (Å²) >= 11 is 0. The monoisotopic (exact) mass is 206 g/mol. The highest BCUT2D eigenvalue weighted by Gasteiger charge is 2.12. The third-order valence-electron chi connectivity index (χ3n) is 2.87. The van der Waals surface area contributed by atoms with Crippen LogP contribution in [0.5, 0.6) is 0 Å². The maximum atomic E-state index is 8.91. The van der Waals surface area contributed by atoms with Crippen LogP contribution in [0.15, 0.2) is 12.1 Å². The number of aliphatic hydroxyl groups excluding tert-OH is 1. The van der Waals surface area contributed by atoms with Gasteiger partial charge in [-0.1, -0.05) is 13.0 Å². The summed E-state index contributed by atoms with van der Waals surface area (Å²) in [4.78, 5) is 4.57. The van der Waals surface area contributed by atoms with Crippen molar-refractivity contribution >= 4 is 5.82 Å². The van der Waals surface area contributed by atoms with Crippen LogP contribution >= 0.6 is 0 Å². The highest BCUT2D eigenvalue weighted by molar-refractivity contribution is 5.40. The molecule has 2 N–H and O–H groups in total. The lowest BCUT2D eigenvalue weighted by Crippen LogP contribution is -2.15. The maximum Gasteiger partial charge on any atom is 0.126 e. The van der Waals surface area contributed by atoms with Gasteiger partial charge in [0.15, 0.2) is 0 Å². The molecule has 3 nitrogen and oxygen atoms in total. The standard InChI is InChI=1S/C12H18N2O/c1-9(8-15)7-13-12-6-5-10-3-2-4-11(10)14-12/h5-6,9,15H,2-4,7-8H2,1H3,(H,13,14). The van der Waals surface area contributed by atoms with Gasteiger partial charge in [-0.2, -0.15) is 0 Å². The number of aromatic nitrogens is 1. The highest BCUT2D eigenvalue weighted by atomic mass is 16.3. The Bertz CT molecular complexity index is 338. The number of aliphatic hydroxyl groups is 1. The van der Waals surface area contributed by atoms with E-state index in [-0.39, 0.29) is 12.5 Å². The van der Waals surface area contributed by atoms with E-state index in [1.807, 2.05) is 13.0 Å². The number of fused-ring (bicyclic) bond motifs is 1. The maximum absolute atomic E-state index is 8.91. The van der Waals surface area contributed by atoms with Gasteiger partial charge in [-0.3, -0.25) is 0 Å². The predicted molar refractivity (Wildman–Crippen MR) is 61.0 cm³/mol. The molecule has 1 aromatic rings. The first-order valence-electron chi connectivity index (χ1n) is 5.63. The number of hydrogen-bond acceptors (Lipinski definition) is 3. The molecule has 1 atom stereocenters. The molecule has 1 aliphatic carbocycles. The summed E-state index contributed by atoms with van der Waals surface area (Å²) in [6, 6.07) is 4.20. The average molecular weight is 206 g/mol. The second-order valence-electron chi connectivity index (χ2n) is 4.32. The van der Waals surface area contributed by atoms with Gasteiger partial charge in [-0.25, -0.2) is 4.98 Å². The van der Waals surface area contributed by atoms with Gasteiger partial charge in [0, 0.05) is 18.8 Å². The van der Waals surface area contributed by atoms with Crippen molar-refractivity contribution < 1.29 is 5.11 Å². The molecule has 0 spiro atoms. The van der Waals surface area contributed by atoms with E-state index in [0.717, 1.165) is 18.8 Å². The molecule has 0 saturated heterocycles. The lowest BCUT2D eigenvalue weighted by molar-refractivity contribution is 0.244. The van der Waals surface area contributed by atoms with E-state index in [1.54, 1.807) is 0 Å². The Labute approximate surface area is 90.5 Å². The highest BCUT2D eigenvalue weighted by Crippen LogP contribution is 2.21. The van der Waals surface area contributed by atoms with E-state index < -0.39 is 0 Å². The molecule has 0 radical (unpaired) electrons. The third kappa shape index (κ3) is 2.48. The van der Waals surface area contributed by atoms with Crippen molar-refractivity contribution in [2.45, 2.75) is 26.2 Å². The summed E-state index contributed by atoms with van der Waals surface area (Å²) in [7, 11) is 0. The molecular weight excluding hydrogens is 188 g/mol. The van der Waals surface area contributed by atoms with Crippen LogP contribution < -0.4 is 5.32 Å².